The van der Waals surface area contributed by atoms with E-state index in [1.807, 2.05) is 24.3 Å². The van der Waals surface area contributed by atoms with Gasteiger partial charge in [-0.2, -0.15) is 0 Å². The molecule has 3 N–H and O–H groups in total. The Morgan fingerprint density at radius 1 is 0.941 bits per heavy atom. The van der Waals surface area contributed by atoms with E-state index in [2.05, 4.69) is 35.1 Å². The Morgan fingerprint density at radius 3 is 2.21 bits per heavy atom. The molecule has 2 amide bonds. The molecule has 34 heavy (non-hydrogen) atoms. The number of fused-ring (bicyclic) bond motifs is 3. The lowest BCUT2D eigenvalue weighted by atomic mass is 9.98. The lowest BCUT2D eigenvalue weighted by Gasteiger charge is -2.22. The van der Waals surface area contributed by atoms with Crippen LogP contribution in [0.25, 0.3) is 11.1 Å². The number of amides is 2. The maximum absolute atomic E-state index is 12.6. The summed E-state index contributed by atoms with van der Waals surface area (Å²) in [5.74, 6) is -2.08. The third-order valence-corrected chi connectivity index (χ3v) is 7.08. The minimum Gasteiger partial charge on any atom is -0.479 e. The maximum atomic E-state index is 12.6. The molecule has 2 aromatic rings. The van der Waals surface area contributed by atoms with Gasteiger partial charge in [0.05, 0.1) is 5.92 Å². The van der Waals surface area contributed by atoms with Crippen LogP contribution in [-0.4, -0.2) is 41.8 Å². The number of hydrogen-bond acceptors (Lipinski definition) is 5. The Labute approximate surface area is 197 Å². The molecule has 178 valence electrons. The topological polar surface area (TPSA) is 114 Å². The molecule has 1 unspecified atom stereocenters. The van der Waals surface area contributed by atoms with Crippen LogP contribution in [0.4, 0.5) is 4.79 Å². The Hall–Kier alpha value is -3.39. The van der Waals surface area contributed by atoms with Crippen molar-refractivity contribution in [1.82, 2.24) is 10.8 Å². The highest BCUT2D eigenvalue weighted by Crippen LogP contribution is 2.44. The smallest absolute Gasteiger partial charge is 0.407 e. The fourth-order valence-electron chi connectivity index (χ4n) is 5.18. The summed E-state index contributed by atoms with van der Waals surface area (Å²) in [6.45, 7) is 0.203. The molecule has 2 saturated carbocycles. The Bertz CT molecular complexity index is 1050. The molecule has 5 rings (SSSR count). The summed E-state index contributed by atoms with van der Waals surface area (Å²) >= 11 is 0. The Balaban J connectivity index is 1.16. The van der Waals surface area contributed by atoms with Crippen molar-refractivity contribution in [3.63, 3.8) is 0 Å². The SMILES string of the molecule is O=C(N[C@@H]1CCC[C@@H]1C(=O)NOC(C(=O)O)C1CC1)OCC1c2ccccc2-c2ccccc21. The van der Waals surface area contributed by atoms with Crippen LogP contribution in [0.2, 0.25) is 0 Å². The van der Waals surface area contributed by atoms with Gasteiger partial charge in [-0.15, -0.1) is 0 Å². The van der Waals surface area contributed by atoms with Crippen LogP contribution in [0.5, 0.6) is 0 Å². The number of benzene rings is 2. The van der Waals surface area contributed by atoms with Gasteiger partial charge in [0.1, 0.15) is 6.61 Å². The highest BCUT2D eigenvalue weighted by Gasteiger charge is 2.40. The van der Waals surface area contributed by atoms with Crippen molar-refractivity contribution in [3.05, 3.63) is 59.7 Å². The number of aliphatic carboxylic acids is 1. The van der Waals surface area contributed by atoms with Crippen LogP contribution < -0.4 is 10.8 Å². The molecule has 0 saturated heterocycles. The third-order valence-electron chi connectivity index (χ3n) is 7.08. The van der Waals surface area contributed by atoms with Crippen molar-refractivity contribution in [2.24, 2.45) is 11.8 Å². The van der Waals surface area contributed by atoms with Gasteiger partial charge in [0.2, 0.25) is 5.91 Å². The number of carboxylic acid groups (broad SMARTS) is 1. The van der Waals surface area contributed by atoms with Gasteiger partial charge in [-0.1, -0.05) is 55.0 Å². The molecule has 0 radical (unpaired) electrons. The quantitative estimate of drug-likeness (QED) is 0.515. The number of carbonyl (C=O) groups excluding carboxylic acids is 2. The third kappa shape index (κ3) is 4.50. The highest BCUT2D eigenvalue weighted by atomic mass is 16.7. The van der Waals surface area contributed by atoms with E-state index >= 15 is 0 Å². The standard InChI is InChI=1S/C26H28N2O6/c29-24(28-34-23(25(30)31)15-12-13-15)20-10-5-11-22(20)27-26(32)33-14-21-18-8-3-1-6-16(18)17-7-2-4-9-19(17)21/h1-4,6-9,15,20-23H,5,10-14H2,(H,27,32)(H,28,29)(H,30,31)/t20-,22+,23?/m0/s1. The highest BCUT2D eigenvalue weighted by molar-refractivity contribution is 5.81. The van der Waals surface area contributed by atoms with E-state index in [4.69, 9.17) is 9.57 Å². The molecular formula is C26H28N2O6. The van der Waals surface area contributed by atoms with Crippen LogP contribution >= 0.6 is 0 Å². The molecule has 0 bridgehead atoms. The zero-order chi connectivity index (χ0) is 23.7. The van der Waals surface area contributed by atoms with Crippen molar-refractivity contribution >= 4 is 18.0 Å². The van der Waals surface area contributed by atoms with Crippen LogP contribution in [-0.2, 0) is 19.2 Å². The molecular weight excluding hydrogens is 436 g/mol. The molecule has 2 fully saturated rings. The molecule has 3 aliphatic rings. The zero-order valence-corrected chi connectivity index (χ0v) is 18.7. The number of carboxylic acids is 1. The van der Waals surface area contributed by atoms with E-state index in [0.717, 1.165) is 41.5 Å². The number of ether oxygens (including phenoxy) is 1. The number of hydroxylamine groups is 1. The zero-order valence-electron chi connectivity index (χ0n) is 18.7. The molecule has 0 aromatic heterocycles. The molecule has 0 spiro atoms. The molecule has 8 heteroatoms. The van der Waals surface area contributed by atoms with Gasteiger partial charge in [0.15, 0.2) is 6.10 Å². The van der Waals surface area contributed by atoms with Crippen LogP contribution in [0.15, 0.2) is 48.5 Å². The first-order valence-electron chi connectivity index (χ1n) is 11.8. The minimum atomic E-state index is -1.08. The van der Waals surface area contributed by atoms with Crippen molar-refractivity contribution in [2.45, 2.75) is 50.2 Å². The van der Waals surface area contributed by atoms with E-state index in [-0.39, 0.29) is 24.5 Å². The summed E-state index contributed by atoms with van der Waals surface area (Å²) in [7, 11) is 0. The van der Waals surface area contributed by atoms with Crippen LogP contribution in [0.1, 0.15) is 49.1 Å². The number of hydrogen-bond donors (Lipinski definition) is 3. The minimum absolute atomic E-state index is 0.0374. The summed E-state index contributed by atoms with van der Waals surface area (Å²) < 4.78 is 5.61. The fourth-order valence-corrected chi connectivity index (χ4v) is 5.18. The van der Waals surface area contributed by atoms with Gasteiger partial charge in [-0.25, -0.2) is 15.1 Å². The average molecular weight is 465 g/mol. The first-order chi connectivity index (χ1) is 16.5. The van der Waals surface area contributed by atoms with E-state index in [1.54, 1.807) is 0 Å². The van der Waals surface area contributed by atoms with E-state index in [1.165, 1.54) is 0 Å². The lowest BCUT2D eigenvalue weighted by molar-refractivity contribution is -0.163. The van der Waals surface area contributed by atoms with Crippen LogP contribution in [0.3, 0.4) is 0 Å². The van der Waals surface area contributed by atoms with Gasteiger partial charge in [0.25, 0.3) is 0 Å². The summed E-state index contributed by atoms with van der Waals surface area (Å²) in [5, 5.41) is 12.1. The fraction of sp³-hybridized carbons (Fsp3) is 0.423. The van der Waals surface area contributed by atoms with Gasteiger partial charge < -0.3 is 15.2 Å². The predicted molar refractivity (Wildman–Crippen MR) is 123 cm³/mol. The van der Waals surface area contributed by atoms with Crippen molar-refractivity contribution in [1.29, 1.82) is 0 Å². The number of alkyl carbamates (subject to hydrolysis) is 1. The van der Waals surface area contributed by atoms with Crippen LogP contribution in [0, 0.1) is 11.8 Å². The van der Waals surface area contributed by atoms with Gasteiger partial charge in [-0.05, 0) is 53.9 Å². The van der Waals surface area contributed by atoms with Crippen molar-refractivity contribution < 1.29 is 29.1 Å². The molecule has 0 heterocycles. The van der Waals surface area contributed by atoms with Gasteiger partial charge in [-0.3, -0.25) is 9.63 Å². The normalized spacial score (nSPS) is 21.9. The summed E-state index contributed by atoms with van der Waals surface area (Å²) in [6.07, 6.45) is 1.98. The molecule has 0 aliphatic heterocycles. The second-order valence-corrected chi connectivity index (χ2v) is 9.29. The number of carbonyl (C=O) groups is 3. The van der Waals surface area contributed by atoms with Gasteiger partial charge in [0, 0.05) is 12.0 Å². The summed E-state index contributed by atoms with van der Waals surface area (Å²) in [6, 6.07) is 15.9. The van der Waals surface area contributed by atoms with E-state index < -0.39 is 30.0 Å². The monoisotopic (exact) mass is 464 g/mol. The van der Waals surface area contributed by atoms with Crippen molar-refractivity contribution in [2.75, 3.05) is 6.61 Å². The van der Waals surface area contributed by atoms with Crippen molar-refractivity contribution in [3.8, 4) is 11.1 Å². The number of nitrogens with one attached hydrogen (secondary N) is 2. The van der Waals surface area contributed by atoms with E-state index in [0.29, 0.717) is 12.8 Å². The summed E-state index contributed by atoms with van der Waals surface area (Å²) in [4.78, 5) is 41.8. The maximum Gasteiger partial charge on any atom is 0.407 e. The second kappa shape index (κ2) is 9.46. The lowest BCUT2D eigenvalue weighted by Crippen LogP contribution is -2.46. The first-order valence-corrected chi connectivity index (χ1v) is 11.8. The Kier molecular flexibility index (Phi) is 6.24. The summed E-state index contributed by atoms with van der Waals surface area (Å²) in [5.41, 5.74) is 6.90. The van der Waals surface area contributed by atoms with Gasteiger partial charge >= 0.3 is 12.1 Å². The molecule has 2 aromatic carbocycles. The predicted octanol–water partition coefficient (Wildman–Crippen LogP) is 3.60. The average Bonchev–Trinajstić information content (AvgIpc) is 3.47. The molecule has 8 nitrogen and oxygen atoms in total. The molecule has 3 aliphatic carbocycles. The largest absolute Gasteiger partial charge is 0.479 e. The molecule has 3 atom stereocenters. The first kappa shape index (κ1) is 22.4. The second-order valence-electron chi connectivity index (χ2n) is 9.29. The Morgan fingerprint density at radius 2 is 1.59 bits per heavy atom. The number of rotatable bonds is 8. The van der Waals surface area contributed by atoms with E-state index in [9.17, 15) is 19.5 Å².